The van der Waals surface area contributed by atoms with Gasteiger partial charge >= 0.3 is 5.97 Å². The van der Waals surface area contributed by atoms with Crippen LogP contribution in [-0.4, -0.2) is 63.6 Å². The number of hydrogen-bond donors (Lipinski definition) is 1. The largest absolute Gasteiger partial charge is 0.489 e. The second-order valence-electron chi connectivity index (χ2n) is 11.2. The Hall–Kier alpha value is -4.98. The normalized spacial score (nSPS) is 17.0. The zero-order chi connectivity index (χ0) is 30.9. The molecule has 10 nitrogen and oxygen atoms in total. The van der Waals surface area contributed by atoms with Gasteiger partial charge in [-0.05, 0) is 63.4 Å². The number of nitriles is 1. The lowest BCUT2D eigenvalue weighted by Gasteiger charge is -2.44. The maximum atomic E-state index is 15.4. The lowest BCUT2D eigenvalue weighted by Crippen LogP contribution is -2.58. The molecule has 2 aromatic carbocycles. The molecule has 222 valence electrons. The molecule has 1 saturated heterocycles. The van der Waals surface area contributed by atoms with Crippen LogP contribution in [0.4, 0.5) is 10.1 Å². The molecule has 3 aromatic rings. The highest BCUT2D eigenvalue weighted by Crippen LogP contribution is 2.40. The second-order valence-corrected chi connectivity index (χ2v) is 11.2. The number of amides is 2. The lowest BCUT2D eigenvalue weighted by atomic mass is 9.96. The van der Waals surface area contributed by atoms with E-state index in [4.69, 9.17) is 14.6 Å². The highest BCUT2D eigenvalue weighted by molar-refractivity contribution is 6.02. The average molecular weight is 587 g/mol. The van der Waals surface area contributed by atoms with Crippen LogP contribution in [-0.2, 0) is 9.59 Å². The quantitative estimate of drug-likeness (QED) is 0.417. The Labute approximate surface area is 248 Å². The average Bonchev–Trinajstić information content (AvgIpc) is 2.97. The Morgan fingerprint density at radius 1 is 1.21 bits per heavy atom. The molecule has 0 spiro atoms. The van der Waals surface area contributed by atoms with E-state index in [9.17, 15) is 19.6 Å². The van der Waals surface area contributed by atoms with Crippen molar-refractivity contribution in [1.82, 2.24) is 9.88 Å². The topological polar surface area (TPSA) is 133 Å². The number of anilines is 1. The lowest BCUT2D eigenvalue weighted by molar-refractivity contribution is -0.138. The van der Waals surface area contributed by atoms with E-state index in [-0.39, 0.29) is 29.8 Å². The summed E-state index contributed by atoms with van der Waals surface area (Å²) in [6.45, 7) is 5.57. The van der Waals surface area contributed by atoms with Gasteiger partial charge in [0.1, 0.15) is 29.4 Å². The first-order valence-electron chi connectivity index (χ1n) is 14.0. The Kier molecular flexibility index (Phi) is 8.04. The van der Waals surface area contributed by atoms with Crippen LogP contribution in [0.1, 0.15) is 56.0 Å². The molecule has 0 unspecified atom stereocenters. The molecule has 5 rings (SSSR count). The predicted molar refractivity (Wildman–Crippen MR) is 154 cm³/mol. The van der Waals surface area contributed by atoms with Crippen molar-refractivity contribution in [3.8, 4) is 28.8 Å². The van der Waals surface area contributed by atoms with Gasteiger partial charge in [-0.1, -0.05) is 24.3 Å². The van der Waals surface area contributed by atoms with Crippen molar-refractivity contribution in [2.75, 3.05) is 18.0 Å². The number of benzene rings is 2. The van der Waals surface area contributed by atoms with Crippen molar-refractivity contribution in [3.63, 3.8) is 0 Å². The van der Waals surface area contributed by atoms with Crippen molar-refractivity contribution in [1.29, 1.82) is 5.26 Å². The van der Waals surface area contributed by atoms with Gasteiger partial charge in [0.2, 0.25) is 5.88 Å². The maximum Gasteiger partial charge on any atom is 0.307 e. The molecule has 2 aliphatic rings. The molecule has 0 saturated carbocycles. The molecule has 1 atom stereocenters. The van der Waals surface area contributed by atoms with E-state index >= 15 is 4.39 Å². The number of halogens is 1. The number of aliphatic carboxylic acids is 1. The van der Waals surface area contributed by atoms with Gasteiger partial charge in [0.05, 0.1) is 17.5 Å². The summed E-state index contributed by atoms with van der Waals surface area (Å²) in [5.41, 5.74) is 0.571. The van der Waals surface area contributed by atoms with Crippen LogP contribution < -0.4 is 14.4 Å². The van der Waals surface area contributed by atoms with E-state index in [2.05, 4.69) is 4.98 Å². The van der Waals surface area contributed by atoms with Gasteiger partial charge in [0.25, 0.3) is 11.8 Å². The van der Waals surface area contributed by atoms with E-state index in [0.29, 0.717) is 54.1 Å². The third kappa shape index (κ3) is 6.00. The summed E-state index contributed by atoms with van der Waals surface area (Å²) >= 11 is 0. The van der Waals surface area contributed by atoms with E-state index in [1.165, 1.54) is 18.3 Å². The molecule has 1 N–H and O–H groups in total. The van der Waals surface area contributed by atoms with E-state index in [0.717, 1.165) is 0 Å². The summed E-state index contributed by atoms with van der Waals surface area (Å²) in [6.07, 6.45) is 1.51. The molecule has 1 fully saturated rings. The summed E-state index contributed by atoms with van der Waals surface area (Å²) < 4.78 is 27.0. The number of hydrogen-bond acceptors (Lipinski definition) is 7. The van der Waals surface area contributed by atoms with Gasteiger partial charge < -0.3 is 24.4 Å². The smallest absolute Gasteiger partial charge is 0.307 e. The summed E-state index contributed by atoms with van der Waals surface area (Å²) in [7, 11) is 0. The standard InChI is InChI=1S/C32H31FN4O6/c1-19(14-28(38)39)42-27-7-5-4-6-23(27)21-8-9-24(25(33)16-21)30(40)36-12-10-22(11-13-36)37-26-15-20(17-34)18-35-29(26)43-32(2,3)31(37)41/h4-9,15-16,18-19,22H,10-14H2,1-3H3,(H,38,39)/t19-/m1/s1. The summed E-state index contributed by atoms with van der Waals surface area (Å²) in [5.74, 6) is -1.70. The van der Waals surface area contributed by atoms with Crippen LogP contribution in [0.15, 0.2) is 54.7 Å². The molecule has 0 radical (unpaired) electrons. The van der Waals surface area contributed by atoms with E-state index in [1.54, 1.807) is 67.0 Å². The molecule has 43 heavy (non-hydrogen) atoms. The van der Waals surface area contributed by atoms with Crippen LogP contribution in [0.2, 0.25) is 0 Å². The molecule has 2 amide bonds. The molecule has 1 aromatic heterocycles. The first-order chi connectivity index (χ1) is 20.5. The predicted octanol–water partition coefficient (Wildman–Crippen LogP) is 4.81. The Bertz CT molecular complexity index is 1630. The zero-order valence-electron chi connectivity index (χ0n) is 24.0. The SMILES string of the molecule is C[C@H](CC(=O)O)Oc1ccccc1-c1ccc(C(=O)N2CCC(N3C(=O)C(C)(C)Oc4ncc(C#N)cc43)CC2)c(F)c1. The Balaban J connectivity index is 1.31. The van der Waals surface area contributed by atoms with Crippen molar-refractivity contribution in [2.45, 2.75) is 57.8 Å². The summed E-state index contributed by atoms with van der Waals surface area (Å²) in [5, 5.41) is 18.4. The van der Waals surface area contributed by atoms with E-state index in [1.807, 2.05) is 6.07 Å². The van der Waals surface area contributed by atoms with Gasteiger partial charge in [0, 0.05) is 30.9 Å². The number of carbonyl (C=O) groups is 3. The summed E-state index contributed by atoms with van der Waals surface area (Å²) in [4.78, 5) is 45.2. The van der Waals surface area contributed by atoms with Gasteiger partial charge in [0.15, 0.2) is 5.60 Å². The number of likely N-dealkylation sites (tertiary alicyclic amines) is 1. The fraction of sp³-hybridized carbons (Fsp3) is 0.344. The fourth-order valence-corrected chi connectivity index (χ4v) is 5.47. The van der Waals surface area contributed by atoms with Crippen LogP contribution in [0, 0.1) is 17.1 Å². The number of fused-ring (bicyclic) bond motifs is 1. The van der Waals surface area contributed by atoms with E-state index < -0.39 is 29.4 Å². The number of piperidine rings is 1. The maximum absolute atomic E-state index is 15.4. The first-order valence-corrected chi connectivity index (χ1v) is 14.0. The van der Waals surface area contributed by atoms with Crippen molar-refractivity contribution in [3.05, 3.63) is 71.7 Å². The number of carbonyl (C=O) groups excluding carboxylic acids is 2. The summed E-state index contributed by atoms with van der Waals surface area (Å²) in [6, 6.07) is 14.6. The fourth-order valence-electron chi connectivity index (χ4n) is 5.47. The van der Waals surface area contributed by atoms with Gasteiger partial charge in [-0.2, -0.15) is 5.26 Å². The Morgan fingerprint density at radius 3 is 2.60 bits per heavy atom. The molecular weight excluding hydrogens is 555 g/mol. The Morgan fingerprint density at radius 2 is 1.93 bits per heavy atom. The number of carboxylic acid groups (broad SMARTS) is 1. The molecule has 11 heteroatoms. The van der Waals surface area contributed by atoms with Gasteiger partial charge in [-0.3, -0.25) is 14.4 Å². The van der Waals surface area contributed by atoms with Crippen LogP contribution >= 0.6 is 0 Å². The minimum Gasteiger partial charge on any atom is -0.489 e. The first kappa shape index (κ1) is 29.5. The van der Waals surface area contributed by atoms with Crippen molar-refractivity contribution in [2.24, 2.45) is 0 Å². The van der Waals surface area contributed by atoms with Gasteiger partial charge in [-0.25, -0.2) is 9.37 Å². The van der Waals surface area contributed by atoms with Crippen LogP contribution in [0.3, 0.4) is 0 Å². The number of pyridine rings is 1. The molecular formula is C32H31FN4O6. The minimum atomic E-state index is -1.15. The van der Waals surface area contributed by atoms with Crippen molar-refractivity contribution < 1.29 is 33.4 Å². The number of para-hydroxylation sites is 1. The van der Waals surface area contributed by atoms with Gasteiger partial charge in [-0.15, -0.1) is 0 Å². The highest BCUT2D eigenvalue weighted by Gasteiger charge is 2.45. The third-order valence-electron chi connectivity index (χ3n) is 7.61. The highest BCUT2D eigenvalue weighted by atomic mass is 19.1. The number of carboxylic acids is 1. The monoisotopic (exact) mass is 586 g/mol. The molecule has 3 heterocycles. The molecule has 2 aliphatic heterocycles. The minimum absolute atomic E-state index is 0.0726. The third-order valence-corrected chi connectivity index (χ3v) is 7.61. The number of ether oxygens (including phenoxy) is 2. The van der Waals surface area contributed by atoms with Crippen LogP contribution in [0.5, 0.6) is 11.6 Å². The number of aromatic nitrogens is 1. The number of nitrogens with zero attached hydrogens (tertiary/aromatic N) is 4. The van der Waals surface area contributed by atoms with Crippen LogP contribution in [0.25, 0.3) is 11.1 Å². The zero-order valence-corrected chi connectivity index (χ0v) is 24.0. The second kappa shape index (κ2) is 11.7. The van der Waals surface area contributed by atoms with Crippen molar-refractivity contribution >= 4 is 23.5 Å². The molecule has 0 bridgehead atoms. The number of rotatable bonds is 7. The molecule has 0 aliphatic carbocycles.